The molecule has 25 heavy (non-hydrogen) atoms. The fraction of sp³-hybridized carbons (Fsp3) is 0.200. The second-order valence-electron chi connectivity index (χ2n) is 6.11. The van der Waals surface area contributed by atoms with Crippen molar-refractivity contribution < 1.29 is 0 Å². The zero-order chi connectivity index (χ0) is 17.1. The zero-order valence-electron chi connectivity index (χ0n) is 14.1. The maximum absolute atomic E-state index is 4.54. The normalized spacial score (nSPS) is 11.3. The van der Waals surface area contributed by atoms with E-state index in [2.05, 4.69) is 76.1 Å². The zero-order valence-corrected chi connectivity index (χ0v) is 14.9. The number of hydrogen-bond acceptors (Lipinski definition) is 4. The first kappa shape index (κ1) is 15.8. The molecule has 0 amide bonds. The number of rotatable bonds is 6. The lowest BCUT2D eigenvalue weighted by atomic mass is 9.88. The van der Waals surface area contributed by atoms with E-state index in [0.717, 1.165) is 28.8 Å². The molecule has 2 aromatic heterocycles. The van der Waals surface area contributed by atoms with E-state index in [1.54, 1.807) is 11.3 Å². The second-order valence-corrected chi connectivity index (χ2v) is 7.06. The van der Waals surface area contributed by atoms with Gasteiger partial charge in [0.15, 0.2) is 0 Å². The first-order valence-corrected chi connectivity index (χ1v) is 9.28. The van der Waals surface area contributed by atoms with E-state index < -0.39 is 0 Å². The molecule has 0 bridgehead atoms. The molecule has 0 radical (unpaired) electrons. The number of anilines is 1. The summed E-state index contributed by atoms with van der Waals surface area (Å²) in [6.07, 6.45) is 2.96. The standard InChI is InChI=1S/C20H20N4S/c1-15-14-24-20(22-15)25-19(23-24)21-13-12-18(16-8-4-2-5-9-16)17-10-6-3-7-11-17/h2-11,14,18H,12-13H2,1H3,(H,21,23). The smallest absolute Gasteiger partial charge is 0.214 e. The van der Waals surface area contributed by atoms with Gasteiger partial charge in [0.2, 0.25) is 10.1 Å². The number of benzene rings is 2. The van der Waals surface area contributed by atoms with Crippen molar-refractivity contribution in [1.82, 2.24) is 14.6 Å². The predicted octanol–water partition coefficient (Wildman–Crippen LogP) is 4.73. The highest BCUT2D eigenvalue weighted by Crippen LogP contribution is 2.28. The van der Waals surface area contributed by atoms with Crippen molar-refractivity contribution >= 4 is 21.4 Å². The number of fused-ring (bicyclic) bond motifs is 1. The monoisotopic (exact) mass is 348 g/mol. The molecule has 0 aliphatic carbocycles. The summed E-state index contributed by atoms with van der Waals surface area (Å²) in [6.45, 7) is 2.85. The van der Waals surface area contributed by atoms with Gasteiger partial charge >= 0.3 is 0 Å². The van der Waals surface area contributed by atoms with Crippen molar-refractivity contribution in [2.24, 2.45) is 0 Å². The van der Waals surface area contributed by atoms with Crippen LogP contribution in [0.15, 0.2) is 66.9 Å². The summed E-state index contributed by atoms with van der Waals surface area (Å²) in [5.74, 6) is 0.376. The van der Waals surface area contributed by atoms with E-state index in [1.165, 1.54) is 11.1 Å². The molecule has 1 N–H and O–H groups in total. The Labute approximate surface area is 151 Å². The van der Waals surface area contributed by atoms with Crippen molar-refractivity contribution in [2.45, 2.75) is 19.3 Å². The largest absolute Gasteiger partial charge is 0.360 e. The van der Waals surface area contributed by atoms with Gasteiger partial charge in [-0.1, -0.05) is 72.0 Å². The fourth-order valence-corrected chi connectivity index (χ4v) is 3.95. The first-order valence-electron chi connectivity index (χ1n) is 8.46. The van der Waals surface area contributed by atoms with Crippen LogP contribution in [0, 0.1) is 6.92 Å². The van der Waals surface area contributed by atoms with Gasteiger partial charge in [-0.3, -0.25) is 0 Å². The van der Waals surface area contributed by atoms with E-state index in [-0.39, 0.29) is 0 Å². The maximum atomic E-state index is 4.54. The number of nitrogens with zero attached hydrogens (tertiary/aromatic N) is 3. The molecule has 4 nitrogen and oxygen atoms in total. The molecule has 4 rings (SSSR count). The minimum atomic E-state index is 0.376. The molecule has 2 aromatic carbocycles. The lowest BCUT2D eigenvalue weighted by Gasteiger charge is -2.18. The average molecular weight is 348 g/mol. The van der Waals surface area contributed by atoms with Crippen LogP contribution in [0.1, 0.15) is 29.2 Å². The molecule has 0 spiro atoms. The predicted molar refractivity (Wildman–Crippen MR) is 103 cm³/mol. The Morgan fingerprint density at radius 2 is 1.64 bits per heavy atom. The summed E-state index contributed by atoms with van der Waals surface area (Å²) >= 11 is 1.59. The van der Waals surface area contributed by atoms with E-state index in [1.807, 2.05) is 17.6 Å². The van der Waals surface area contributed by atoms with Crippen molar-refractivity contribution in [1.29, 1.82) is 0 Å². The molecule has 5 heteroatoms. The molecule has 4 aromatic rings. The molecule has 0 saturated carbocycles. The van der Waals surface area contributed by atoms with E-state index in [9.17, 15) is 0 Å². The SMILES string of the molecule is Cc1cn2nc(NCCC(c3ccccc3)c3ccccc3)sc2n1. The van der Waals surface area contributed by atoms with Gasteiger partial charge in [0.1, 0.15) is 0 Å². The number of imidazole rings is 1. The van der Waals surface area contributed by atoms with Crippen LogP contribution >= 0.6 is 11.3 Å². The van der Waals surface area contributed by atoms with Crippen molar-refractivity contribution in [2.75, 3.05) is 11.9 Å². The molecule has 0 atom stereocenters. The quantitative estimate of drug-likeness (QED) is 0.547. The van der Waals surface area contributed by atoms with Gasteiger partial charge in [0, 0.05) is 12.5 Å². The van der Waals surface area contributed by atoms with Gasteiger partial charge < -0.3 is 5.32 Å². The van der Waals surface area contributed by atoms with Gasteiger partial charge in [-0.2, -0.15) is 0 Å². The van der Waals surface area contributed by atoms with Crippen molar-refractivity contribution in [3.63, 3.8) is 0 Å². The molecule has 0 saturated heterocycles. The highest BCUT2D eigenvalue weighted by molar-refractivity contribution is 7.20. The second kappa shape index (κ2) is 7.07. The van der Waals surface area contributed by atoms with Crippen LogP contribution in [0.25, 0.3) is 4.96 Å². The number of nitrogens with one attached hydrogen (secondary N) is 1. The third-order valence-electron chi connectivity index (χ3n) is 4.28. The Bertz CT molecular complexity index is 873. The van der Waals surface area contributed by atoms with Crippen LogP contribution in [0.5, 0.6) is 0 Å². The highest BCUT2D eigenvalue weighted by Gasteiger charge is 2.14. The molecular formula is C20H20N4S. The Hall–Kier alpha value is -2.66. The van der Waals surface area contributed by atoms with Gasteiger partial charge in [-0.25, -0.2) is 9.50 Å². The Kier molecular flexibility index (Phi) is 4.48. The van der Waals surface area contributed by atoms with Gasteiger partial charge in [0.05, 0.1) is 11.9 Å². The minimum absolute atomic E-state index is 0.376. The average Bonchev–Trinajstić information content (AvgIpc) is 3.17. The van der Waals surface area contributed by atoms with Gasteiger partial charge in [-0.05, 0) is 24.5 Å². The Morgan fingerprint density at radius 3 is 2.24 bits per heavy atom. The molecule has 0 unspecified atom stereocenters. The molecule has 0 fully saturated rings. The molecule has 126 valence electrons. The van der Waals surface area contributed by atoms with E-state index in [4.69, 9.17) is 0 Å². The van der Waals surface area contributed by atoms with Crippen molar-refractivity contribution in [3.8, 4) is 0 Å². The molecule has 2 heterocycles. The van der Waals surface area contributed by atoms with Gasteiger partial charge in [-0.15, -0.1) is 5.10 Å². The Balaban J connectivity index is 1.48. The van der Waals surface area contributed by atoms with Crippen LogP contribution in [0.3, 0.4) is 0 Å². The highest BCUT2D eigenvalue weighted by atomic mass is 32.1. The van der Waals surface area contributed by atoms with Crippen molar-refractivity contribution in [3.05, 3.63) is 83.7 Å². The summed E-state index contributed by atoms with van der Waals surface area (Å²) in [4.78, 5) is 5.38. The topological polar surface area (TPSA) is 42.2 Å². The summed E-state index contributed by atoms with van der Waals surface area (Å²) in [7, 11) is 0. The molecular weight excluding hydrogens is 328 g/mol. The number of hydrogen-bond donors (Lipinski definition) is 1. The summed E-state index contributed by atoms with van der Waals surface area (Å²) < 4.78 is 1.84. The third kappa shape index (κ3) is 3.56. The van der Waals surface area contributed by atoms with Gasteiger partial charge in [0.25, 0.3) is 0 Å². The van der Waals surface area contributed by atoms with Crippen LogP contribution < -0.4 is 5.32 Å². The third-order valence-corrected chi connectivity index (χ3v) is 5.16. The lowest BCUT2D eigenvalue weighted by Crippen LogP contribution is -2.09. The lowest BCUT2D eigenvalue weighted by molar-refractivity contribution is 0.743. The molecule has 0 aliphatic heterocycles. The summed E-state index contributed by atoms with van der Waals surface area (Å²) in [5, 5.41) is 8.91. The maximum Gasteiger partial charge on any atom is 0.214 e. The van der Waals surface area contributed by atoms with E-state index in [0.29, 0.717) is 5.92 Å². The summed E-state index contributed by atoms with van der Waals surface area (Å²) in [6, 6.07) is 21.4. The van der Waals surface area contributed by atoms with Crippen LogP contribution in [-0.4, -0.2) is 21.1 Å². The van der Waals surface area contributed by atoms with E-state index >= 15 is 0 Å². The van der Waals surface area contributed by atoms with Crippen LogP contribution in [-0.2, 0) is 0 Å². The van der Waals surface area contributed by atoms with Crippen LogP contribution in [0.4, 0.5) is 5.13 Å². The fourth-order valence-electron chi connectivity index (χ4n) is 3.10. The number of aryl methyl sites for hydroxylation is 1. The Morgan fingerprint density at radius 1 is 1.00 bits per heavy atom. The minimum Gasteiger partial charge on any atom is -0.360 e. The first-order chi connectivity index (χ1) is 12.3. The number of aromatic nitrogens is 3. The summed E-state index contributed by atoms with van der Waals surface area (Å²) in [5.41, 5.74) is 3.69. The molecule has 0 aliphatic rings. The van der Waals surface area contributed by atoms with Crippen LogP contribution in [0.2, 0.25) is 0 Å².